The third-order valence-electron chi connectivity index (χ3n) is 2.62. The van der Waals surface area contributed by atoms with Crippen LogP contribution in [-0.2, 0) is 4.79 Å². The summed E-state index contributed by atoms with van der Waals surface area (Å²) in [5, 5.41) is 11.6. The van der Waals surface area contributed by atoms with Gasteiger partial charge in [-0.05, 0) is 18.6 Å². The number of unbranched alkanes of at least 4 members (excludes halogenated alkanes) is 1. The standard InChI is InChI=1S/C15H16F2N2O2/c1-2-3-8-19-14(20)12(10-18)9-11-6-4-5-7-13(11)21-15(16)17/h4-7,9,15H,2-3,8H2,1H3,(H,19,20)/b12-9+. The van der Waals surface area contributed by atoms with Gasteiger partial charge in [0.1, 0.15) is 17.4 Å². The van der Waals surface area contributed by atoms with E-state index < -0.39 is 12.5 Å². The van der Waals surface area contributed by atoms with E-state index in [0.29, 0.717) is 6.54 Å². The molecule has 0 bridgehead atoms. The van der Waals surface area contributed by atoms with E-state index in [1.54, 1.807) is 12.1 Å². The summed E-state index contributed by atoms with van der Waals surface area (Å²) >= 11 is 0. The SMILES string of the molecule is CCCCNC(=O)/C(C#N)=C/c1ccccc1OC(F)F. The van der Waals surface area contributed by atoms with Crippen LogP contribution >= 0.6 is 0 Å². The number of benzene rings is 1. The second-order valence-electron chi connectivity index (χ2n) is 4.20. The molecule has 1 amide bonds. The Labute approximate surface area is 122 Å². The molecule has 1 aromatic rings. The Bertz CT molecular complexity index is 551. The summed E-state index contributed by atoms with van der Waals surface area (Å²) in [7, 11) is 0. The number of carbonyl (C=O) groups excluding carboxylic acids is 1. The van der Waals surface area contributed by atoms with E-state index in [0.717, 1.165) is 12.8 Å². The smallest absolute Gasteiger partial charge is 0.387 e. The molecule has 0 saturated carbocycles. The van der Waals surface area contributed by atoms with Gasteiger partial charge in [0.2, 0.25) is 0 Å². The fourth-order valence-corrected chi connectivity index (χ4v) is 1.58. The zero-order valence-electron chi connectivity index (χ0n) is 11.6. The molecule has 4 nitrogen and oxygen atoms in total. The Morgan fingerprint density at radius 1 is 1.48 bits per heavy atom. The monoisotopic (exact) mass is 294 g/mol. The van der Waals surface area contributed by atoms with Crippen molar-refractivity contribution in [1.82, 2.24) is 5.32 Å². The Kier molecular flexibility index (Phi) is 6.88. The molecule has 1 rings (SSSR count). The zero-order chi connectivity index (χ0) is 15.7. The van der Waals surface area contributed by atoms with Gasteiger partial charge < -0.3 is 10.1 Å². The molecule has 0 spiro atoms. The van der Waals surface area contributed by atoms with E-state index >= 15 is 0 Å². The molecule has 0 saturated heterocycles. The highest BCUT2D eigenvalue weighted by Crippen LogP contribution is 2.22. The second-order valence-corrected chi connectivity index (χ2v) is 4.20. The first-order chi connectivity index (χ1) is 10.1. The fourth-order valence-electron chi connectivity index (χ4n) is 1.58. The van der Waals surface area contributed by atoms with E-state index in [1.165, 1.54) is 24.3 Å². The predicted molar refractivity (Wildman–Crippen MR) is 74.6 cm³/mol. The number of rotatable bonds is 7. The average Bonchev–Trinajstić information content (AvgIpc) is 2.45. The van der Waals surface area contributed by atoms with Gasteiger partial charge in [-0.1, -0.05) is 31.5 Å². The third kappa shape index (κ3) is 5.61. The first kappa shape index (κ1) is 16.6. The maximum absolute atomic E-state index is 12.3. The molecule has 0 aromatic heterocycles. The molecule has 6 heteroatoms. The van der Waals surface area contributed by atoms with E-state index in [1.807, 2.05) is 6.92 Å². The molecule has 1 aromatic carbocycles. The molecule has 112 valence electrons. The van der Waals surface area contributed by atoms with Gasteiger partial charge in [0.15, 0.2) is 0 Å². The second kappa shape index (κ2) is 8.69. The van der Waals surface area contributed by atoms with Crippen LogP contribution in [0.1, 0.15) is 25.3 Å². The van der Waals surface area contributed by atoms with Gasteiger partial charge in [0, 0.05) is 12.1 Å². The van der Waals surface area contributed by atoms with Gasteiger partial charge in [-0.15, -0.1) is 0 Å². The number of carbonyl (C=O) groups is 1. The molecular formula is C15H16F2N2O2. The number of para-hydroxylation sites is 1. The number of hydrogen-bond donors (Lipinski definition) is 1. The normalized spacial score (nSPS) is 11.1. The molecule has 0 aliphatic heterocycles. The van der Waals surface area contributed by atoms with Crippen LogP contribution in [-0.4, -0.2) is 19.1 Å². The molecule has 0 unspecified atom stereocenters. The highest BCUT2D eigenvalue weighted by Gasteiger charge is 2.12. The van der Waals surface area contributed by atoms with Crippen molar-refractivity contribution < 1.29 is 18.3 Å². The number of ether oxygens (including phenoxy) is 1. The Hall–Kier alpha value is -2.42. The zero-order valence-corrected chi connectivity index (χ0v) is 11.6. The first-order valence-corrected chi connectivity index (χ1v) is 6.52. The van der Waals surface area contributed by atoms with Crippen molar-refractivity contribution in [3.63, 3.8) is 0 Å². The maximum atomic E-state index is 12.3. The van der Waals surface area contributed by atoms with Gasteiger partial charge in [-0.25, -0.2) is 0 Å². The number of alkyl halides is 2. The minimum Gasteiger partial charge on any atom is -0.434 e. The molecule has 0 atom stereocenters. The quantitative estimate of drug-likeness (QED) is 0.477. The molecule has 1 N–H and O–H groups in total. The largest absolute Gasteiger partial charge is 0.434 e. The van der Waals surface area contributed by atoms with E-state index in [2.05, 4.69) is 10.1 Å². The van der Waals surface area contributed by atoms with Crippen LogP contribution in [0.2, 0.25) is 0 Å². The summed E-state index contributed by atoms with van der Waals surface area (Å²) in [5.41, 5.74) is 0.0939. The molecule has 0 fully saturated rings. The number of nitrogens with one attached hydrogen (secondary N) is 1. The first-order valence-electron chi connectivity index (χ1n) is 6.52. The lowest BCUT2D eigenvalue weighted by Gasteiger charge is -2.08. The van der Waals surface area contributed by atoms with Crippen LogP contribution in [0.15, 0.2) is 29.8 Å². The maximum Gasteiger partial charge on any atom is 0.387 e. The molecular weight excluding hydrogens is 278 g/mol. The fraction of sp³-hybridized carbons (Fsp3) is 0.333. The van der Waals surface area contributed by atoms with Crippen LogP contribution < -0.4 is 10.1 Å². The van der Waals surface area contributed by atoms with Gasteiger partial charge in [0.05, 0.1) is 0 Å². The van der Waals surface area contributed by atoms with Crippen LogP contribution in [0.5, 0.6) is 5.75 Å². The molecule has 0 heterocycles. The highest BCUT2D eigenvalue weighted by atomic mass is 19.3. The number of halogens is 2. The number of amides is 1. The number of nitrogens with zero attached hydrogens (tertiary/aromatic N) is 1. The van der Waals surface area contributed by atoms with E-state index in [-0.39, 0.29) is 16.9 Å². The summed E-state index contributed by atoms with van der Waals surface area (Å²) in [5.74, 6) is -0.612. The van der Waals surface area contributed by atoms with Crippen molar-refractivity contribution in [1.29, 1.82) is 5.26 Å². The van der Waals surface area contributed by atoms with Crippen LogP contribution in [0.25, 0.3) is 6.08 Å². The lowest BCUT2D eigenvalue weighted by Crippen LogP contribution is -2.25. The predicted octanol–water partition coefficient (Wildman–Crippen LogP) is 3.11. The van der Waals surface area contributed by atoms with Crippen molar-refractivity contribution in [3.05, 3.63) is 35.4 Å². The van der Waals surface area contributed by atoms with Crippen molar-refractivity contribution in [2.75, 3.05) is 6.54 Å². The molecule has 0 radical (unpaired) electrons. The van der Waals surface area contributed by atoms with Crippen LogP contribution in [0.3, 0.4) is 0 Å². The molecule has 21 heavy (non-hydrogen) atoms. The summed E-state index contributed by atoms with van der Waals surface area (Å²) in [6.45, 7) is -0.530. The minimum atomic E-state index is -2.97. The van der Waals surface area contributed by atoms with Crippen molar-refractivity contribution >= 4 is 12.0 Å². The summed E-state index contributed by atoms with van der Waals surface area (Å²) < 4.78 is 28.9. The lowest BCUT2D eigenvalue weighted by atomic mass is 10.1. The van der Waals surface area contributed by atoms with Crippen molar-refractivity contribution in [2.45, 2.75) is 26.4 Å². The van der Waals surface area contributed by atoms with Crippen molar-refractivity contribution in [2.24, 2.45) is 0 Å². The summed E-state index contributed by atoms with van der Waals surface area (Å²) in [6.07, 6.45) is 2.95. The third-order valence-corrected chi connectivity index (χ3v) is 2.62. The highest BCUT2D eigenvalue weighted by molar-refractivity contribution is 6.01. The number of nitriles is 1. The summed E-state index contributed by atoms with van der Waals surface area (Å²) in [4.78, 5) is 11.8. The van der Waals surface area contributed by atoms with Crippen LogP contribution in [0, 0.1) is 11.3 Å². The van der Waals surface area contributed by atoms with Crippen molar-refractivity contribution in [3.8, 4) is 11.8 Å². The van der Waals surface area contributed by atoms with Gasteiger partial charge in [0.25, 0.3) is 5.91 Å². The Morgan fingerprint density at radius 3 is 2.81 bits per heavy atom. The summed E-state index contributed by atoms with van der Waals surface area (Å²) in [6, 6.07) is 7.74. The van der Waals surface area contributed by atoms with Gasteiger partial charge in [-0.3, -0.25) is 4.79 Å². The Balaban J connectivity index is 2.93. The van der Waals surface area contributed by atoms with Crippen LogP contribution in [0.4, 0.5) is 8.78 Å². The van der Waals surface area contributed by atoms with Gasteiger partial charge in [-0.2, -0.15) is 14.0 Å². The molecule has 0 aliphatic carbocycles. The lowest BCUT2D eigenvalue weighted by molar-refractivity contribution is -0.117. The average molecular weight is 294 g/mol. The van der Waals surface area contributed by atoms with E-state index in [4.69, 9.17) is 5.26 Å². The van der Waals surface area contributed by atoms with Gasteiger partial charge >= 0.3 is 6.61 Å². The minimum absolute atomic E-state index is 0.0818. The van der Waals surface area contributed by atoms with E-state index in [9.17, 15) is 13.6 Å². The topological polar surface area (TPSA) is 62.1 Å². The molecule has 0 aliphatic rings. The number of hydrogen-bond acceptors (Lipinski definition) is 3. The Morgan fingerprint density at radius 2 is 2.19 bits per heavy atom.